The molecule has 2 rings (SSSR count). The maximum absolute atomic E-state index is 12.4. The third kappa shape index (κ3) is 6.63. The molecule has 0 unspecified atom stereocenters. The van der Waals surface area contributed by atoms with Crippen molar-refractivity contribution in [2.45, 2.75) is 45.1 Å². The maximum Gasteiger partial charge on any atom is 0.374 e. The summed E-state index contributed by atoms with van der Waals surface area (Å²) < 4.78 is 11.0. The summed E-state index contributed by atoms with van der Waals surface area (Å²) in [7, 11) is 0. The number of aryl methyl sites for hydroxylation is 2. The van der Waals surface area contributed by atoms with E-state index in [-0.39, 0.29) is 11.5 Å². The number of esters is 1. The average molecular weight is 425 g/mol. The molecule has 2 aromatic rings. The van der Waals surface area contributed by atoms with Crippen molar-refractivity contribution in [1.29, 1.82) is 0 Å². The number of ketones is 1. The fraction of sp³-hybridized carbons (Fsp3) is 0.280. The minimum Gasteiger partial charge on any atom is -0.454 e. The van der Waals surface area contributed by atoms with Crippen LogP contribution in [-0.2, 0) is 9.53 Å². The highest BCUT2D eigenvalue weighted by Crippen LogP contribution is 2.28. The Morgan fingerprint density at radius 3 is 2.10 bits per heavy atom. The van der Waals surface area contributed by atoms with Gasteiger partial charge in [0.2, 0.25) is 5.76 Å². The van der Waals surface area contributed by atoms with Crippen LogP contribution in [0.4, 0.5) is 0 Å². The summed E-state index contributed by atoms with van der Waals surface area (Å²) in [6.45, 7) is 12.8. The molecule has 0 aromatic heterocycles. The second kappa shape index (κ2) is 9.81. The summed E-state index contributed by atoms with van der Waals surface area (Å²) in [4.78, 5) is 25.6. The fourth-order valence-corrected chi connectivity index (χ4v) is 3.17. The van der Waals surface area contributed by atoms with Gasteiger partial charge in [-0.15, -0.1) is 11.8 Å². The number of benzene rings is 2. The highest BCUT2D eigenvalue weighted by molar-refractivity contribution is 7.98. The molecular weight excluding hydrogens is 396 g/mol. The van der Waals surface area contributed by atoms with Crippen molar-refractivity contribution < 1.29 is 19.1 Å². The zero-order chi connectivity index (χ0) is 22.5. The van der Waals surface area contributed by atoms with E-state index in [1.807, 2.05) is 56.5 Å². The number of rotatable bonds is 7. The Hall–Kier alpha value is -2.79. The van der Waals surface area contributed by atoms with Crippen molar-refractivity contribution in [1.82, 2.24) is 0 Å². The van der Waals surface area contributed by atoms with Gasteiger partial charge in [-0.2, -0.15) is 0 Å². The Balaban J connectivity index is 2.13. The highest BCUT2D eigenvalue weighted by atomic mass is 32.2. The Morgan fingerprint density at radius 1 is 1.03 bits per heavy atom. The summed E-state index contributed by atoms with van der Waals surface area (Å²) in [5.41, 5.74) is 2.55. The van der Waals surface area contributed by atoms with Gasteiger partial charge in [-0.05, 0) is 107 Å². The third-order valence-electron chi connectivity index (χ3n) is 4.14. The SMILES string of the molecule is C=C(Oc1c(C)cc(/C=C/C(=O)c2ccc(SC)cc2)cc1C)C(=O)OC(C)(C)C. The minimum absolute atomic E-state index is 0.0587. The van der Waals surface area contributed by atoms with E-state index in [0.717, 1.165) is 21.6 Å². The van der Waals surface area contributed by atoms with Gasteiger partial charge in [0.25, 0.3) is 0 Å². The summed E-state index contributed by atoms with van der Waals surface area (Å²) in [6.07, 6.45) is 5.33. The summed E-state index contributed by atoms with van der Waals surface area (Å²) in [6, 6.07) is 11.3. The Morgan fingerprint density at radius 2 is 1.60 bits per heavy atom. The van der Waals surface area contributed by atoms with Crippen LogP contribution in [0.2, 0.25) is 0 Å². The number of hydrogen-bond donors (Lipinski definition) is 0. The van der Waals surface area contributed by atoms with Crippen molar-refractivity contribution in [2.75, 3.05) is 6.26 Å². The zero-order valence-electron chi connectivity index (χ0n) is 18.4. The van der Waals surface area contributed by atoms with Crippen LogP contribution in [0, 0.1) is 13.8 Å². The number of hydrogen-bond acceptors (Lipinski definition) is 5. The van der Waals surface area contributed by atoms with Crippen LogP contribution in [0.15, 0.2) is 59.7 Å². The van der Waals surface area contributed by atoms with E-state index >= 15 is 0 Å². The molecule has 0 aliphatic rings. The van der Waals surface area contributed by atoms with E-state index in [0.29, 0.717) is 11.3 Å². The molecule has 0 spiro atoms. The first-order valence-corrected chi connectivity index (χ1v) is 10.8. The van der Waals surface area contributed by atoms with Crippen LogP contribution >= 0.6 is 11.8 Å². The summed E-state index contributed by atoms with van der Waals surface area (Å²) >= 11 is 1.64. The van der Waals surface area contributed by atoms with Gasteiger partial charge in [0.05, 0.1) is 0 Å². The fourth-order valence-electron chi connectivity index (χ4n) is 2.76. The van der Waals surface area contributed by atoms with Crippen LogP contribution in [0.5, 0.6) is 5.75 Å². The quantitative estimate of drug-likeness (QED) is 0.175. The maximum atomic E-state index is 12.4. The number of allylic oxidation sites excluding steroid dienone is 1. The first-order chi connectivity index (χ1) is 14.0. The smallest absolute Gasteiger partial charge is 0.374 e. The van der Waals surface area contributed by atoms with Gasteiger partial charge in [0.1, 0.15) is 11.4 Å². The van der Waals surface area contributed by atoms with E-state index in [9.17, 15) is 9.59 Å². The molecule has 0 radical (unpaired) electrons. The summed E-state index contributed by atoms with van der Waals surface area (Å²) in [5.74, 6) is -0.162. The van der Waals surface area contributed by atoms with E-state index < -0.39 is 11.6 Å². The Kier molecular flexibility index (Phi) is 7.68. The molecule has 4 nitrogen and oxygen atoms in total. The third-order valence-corrected chi connectivity index (χ3v) is 4.88. The van der Waals surface area contributed by atoms with Gasteiger partial charge < -0.3 is 9.47 Å². The van der Waals surface area contributed by atoms with Crippen molar-refractivity contribution in [3.8, 4) is 5.75 Å². The second-order valence-corrected chi connectivity index (χ2v) is 8.82. The van der Waals surface area contributed by atoms with E-state index in [1.54, 1.807) is 44.7 Å². The van der Waals surface area contributed by atoms with Gasteiger partial charge in [-0.25, -0.2) is 4.79 Å². The molecule has 0 N–H and O–H groups in total. The van der Waals surface area contributed by atoms with Gasteiger partial charge in [-0.1, -0.05) is 6.08 Å². The molecule has 5 heteroatoms. The Bertz CT molecular complexity index is 956. The first kappa shape index (κ1) is 23.5. The zero-order valence-corrected chi connectivity index (χ0v) is 19.2. The molecule has 0 aliphatic carbocycles. The topological polar surface area (TPSA) is 52.6 Å². The van der Waals surface area contributed by atoms with Crippen LogP contribution in [0.25, 0.3) is 6.08 Å². The number of carbonyl (C=O) groups excluding carboxylic acids is 2. The molecule has 0 saturated heterocycles. The first-order valence-electron chi connectivity index (χ1n) is 9.58. The molecule has 0 atom stereocenters. The van der Waals surface area contributed by atoms with E-state index in [4.69, 9.17) is 9.47 Å². The molecule has 0 amide bonds. The van der Waals surface area contributed by atoms with E-state index in [2.05, 4.69) is 6.58 Å². The predicted molar refractivity (Wildman–Crippen MR) is 123 cm³/mol. The van der Waals surface area contributed by atoms with E-state index in [1.165, 1.54) is 0 Å². The van der Waals surface area contributed by atoms with Crippen LogP contribution in [0.3, 0.4) is 0 Å². The molecule has 0 bridgehead atoms. The molecule has 0 fully saturated rings. The van der Waals surface area contributed by atoms with Gasteiger partial charge in [-0.3, -0.25) is 4.79 Å². The second-order valence-electron chi connectivity index (χ2n) is 7.94. The Labute approximate surface area is 183 Å². The average Bonchev–Trinajstić information content (AvgIpc) is 2.67. The molecule has 2 aromatic carbocycles. The van der Waals surface area contributed by atoms with Crippen molar-refractivity contribution >= 4 is 29.6 Å². The number of ether oxygens (including phenoxy) is 2. The summed E-state index contributed by atoms with van der Waals surface area (Å²) in [5, 5.41) is 0. The lowest BCUT2D eigenvalue weighted by atomic mass is 10.0. The number of carbonyl (C=O) groups is 2. The lowest BCUT2D eigenvalue weighted by Gasteiger charge is -2.21. The monoisotopic (exact) mass is 424 g/mol. The molecule has 0 heterocycles. The molecule has 30 heavy (non-hydrogen) atoms. The van der Waals surface area contributed by atoms with Gasteiger partial charge in [0, 0.05) is 10.5 Å². The standard InChI is InChI=1S/C25H28O4S/c1-16-14-19(8-13-22(26)20-9-11-21(30-7)12-10-20)15-17(2)23(16)28-18(3)24(27)29-25(4,5)6/h8-15H,3H2,1-2,4-7H3/b13-8+. The number of thioether (sulfide) groups is 1. The molecule has 0 aliphatic heterocycles. The van der Waals surface area contributed by atoms with Crippen LogP contribution < -0.4 is 4.74 Å². The predicted octanol–water partition coefficient (Wildman–Crippen LogP) is 6.16. The van der Waals surface area contributed by atoms with Crippen LogP contribution in [0.1, 0.15) is 47.8 Å². The van der Waals surface area contributed by atoms with Crippen LogP contribution in [-0.4, -0.2) is 23.6 Å². The molecule has 158 valence electrons. The van der Waals surface area contributed by atoms with Crippen molar-refractivity contribution in [3.63, 3.8) is 0 Å². The minimum atomic E-state index is -0.621. The highest BCUT2D eigenvalue weighted by Gasteiger charge is 2.21. The normalized spacial score (nSPS) is 11.4. The molecule has 0 saturated carbocycles. The van der Waals surface area contributed by atoms with Gasteiger partial charge in [0.15, 0.2) is 5.78 Å². The van der Waals surface area contributed by atoms with Gasteiger partial charge >= 0.3 is 5.97 Å². The van der Waals surface area contributed by atoms with Crippen molar-refractivity contribution in [3.05, 3.63) is 77.1 Å². The lowest BCUT2D eigenvalue weighted by Crippen LogP contribution is -2.26. The largest absolute Gasteiger partial charge is 0.454 e. The van der Waals surface area contributed by atoms with Crippen molar-refractivity contribution in [2.24, 2.45) is 0 Å². The molecular formula is C25H28O4S. The lowest BCUT2D eigenvalue weighted by molar-refractivity contribution is -0.152.